The SMILES string of the molecule is COc1ccc2c(c1)C(=O)OC2[P+](c1ccccc1)(c1ccccc1)c1ccccc1.[Br-]. The van der Waals surface area contributed by atoms with Gasteiger partial charge < -0.3 is 26.5 Å². The maximum Gasteiger partial charge on any atom is 0.342 e. The van der Waals surface area contributed by atoms with Crippen LogP contribution in [-0.4, -0.2) is 13.1 Å². The van der Waals surface area contributed by atoms with E-state index in [9.17, 15) is 4.79 Å². The van der Waals surface area contributed by atoms with Crippen molar-refractivity contribution in [3.63, 3.8) is 0 Å². The van der Waals surface area contributed by atoms with Crippen molar-refractivity contribution < 1.29 is 31.2 Å². The standard InChI is InChI=1S/C27H22O3P.BrH/c1-29-20-17-18-24-25(19-20)26(28)30-27(24)31(21-11-5-2-6-12-21,22-13-7-3-8-14-22)23-15-9-4-10-16-23;/h2-19,27H,1H3;1H/q+1;/p-1. The fourth-order valence-corrected chi connectivity index (χ4v) is 8.94. The summed E-state index contributed by atoms with van der Waals surface area (Å²) in [5.74, 6) is -0.0569. The van der Waals surface area contributed by atoms with E-state index in [0.29, 0.717) is 11.3 Å². The van der Waals surface area contributed by atoms with E-state index in [-0.39, 0.29) is 23.0 Å². The lowest BCUT2D eigenvalue weighted by Gasteiger charge is -2.31. The summed E-state index contributed by atoms with van der Waals surface area (Å²) in [7, 11) is -0.772. The Kier molecular flexibility index (Phi) is 6.45. The van der Waals surface area contributed by atoms with Crippen LogP contribution in [0.4, 0.5) is 0 Å². The molecule has 1 atom stereocenters. The van der Waals surface area contributed by atoms with Gasteiger partial charge in [0, 0.05) is 5.56 Å². The number of carbonyl (C=O) groups excluding carboxylic acids is 1. The number of methoxy groups -OCH3 is 1. The van der Waals surface area contributed by atoms with E-state index in [1.807, 2.05) is 30.3 Å². The van der Waals surface area contributed by atoms with Crippen molar-refractivity contribution in [3.8, 4) is 5.75 Å². The van der Waals surface area contributed by atoms with Gasteiger partial charge in [-0.2, -0.15) is 0 Å². The second-order valence-corrected chi connectivity index (χ2v) is 10.9. The van der Waals surface area contributed by atoms with E-state index in [2.05, 4.69) is 72.8 Å². The largest absolute Gasteiger partial charge is 1.00 e. The monoisotopic (exact) mass is 504 g/mol. The van der Waals surface area contributed by atoms with Gasteiger partial charge in [0.25, 0.3) is 0 Å². The fraction of sp³-hybridized carbons (Fsp3) is 0.0741. The van der Waals surface area contributed by atoms with Crippen molar-refractivity contribution in [2.75, 3.05) is 7.11 Å². The lowest BCUT2D eigenvalue weighted by molar-refractivity contribution is -0.0000237. The number of cyclic esters (lactones) is 1. The summed E-state index contributed by atoms with van der Waals surface area (Å²) >= 11 is 0. The Labute approximate surface area is 199 Å². The highest BCUT2D eigenvalue weighted by Gasteiger charge is 2.58. The van der Waals surface area contributed by atoms with Gasteiger partial charge in [-0.15, -0.1) is 0 Å². The van der Waals surface area contributed by atoms with E-state index in [0.717, 1.165) is 5.56 Å². The third kappa shape index (κ3) is 3.54. The number of fused-ring (bicyclic) bond motifs is 1. The first kappa shape index (κ1) is 22.3. The minimum Gasteiger partial charge on any atom is -1.00 e. The quantitative estimate of drug-likeness (QED) is 0.307. The Hall–Kier alpha value is -2.94. The highest BCUT2D eigenvalue weighted by Crippen LogP contribution is 2.69. The molecule has 0 radical (unpaired) electrons. The molecule has 1 aliphatic heterocycles. The molecule has 4 aromatic rings. The highest BCUT2D eigenvalue weighted by atomic mass is 79.9. The average Bonchev–Trinajstić information content (AvgIpc) is 3.17. The van der Waals surface area contributed by atoms with Gasteiger partial charge in [0.1, 0.15) is 21.7 Å². The lowest BCUT2D eigenvalue weighted by Crippen LogP contribution is -3.00. The van der Waals surface area contributed by atoms with Crippen LogP contribution >= 0.6 is 7.26 Å². The zero-order valence-electron chi connectivity index (χ0n) is 17.5. The van der Waals surface area contributed by atoms with Crippen molar-refractivity contribution in [2.24, 2.45) is 0 Å². The maximum absolute atomic E-state index is 13.0. The minimum absolute atomic E-state index is 0. The van der Waals surface area contributed by atoms with Crippen molar-refractivity contribution in [1.82, 2.24) is 0 Å². The zero-order chi connectivity index (χ0) is 21.3. The Morgan fingerprint density at radius 3 is 1.62 bits per heavy atom. The van der Waals surface area contributed by atoms with E-state index in [1.165, 1.54) is 15.9 Å². The summed E-state index contributed by atoms with van der Waals surface area (Å²) in [6, 6.07) is 37.0. The van der Waals surface area contributed by atoms with E-state index in [1.54, 1.807) is 13.2 Å². The molecule has 4 aromatic carbocycles. The van der Waals surface area contributed by atoms with Crippen LogP contribution in [0.15, 0.2) is 109 Å². The molecule has 5 heteroatoms. The molecule has 3 nitrogen and oxygen atoms in total. The molecule has 0 amide bonds. The second kappa shape index (κ2) is 9.28. The molecule has 0 N–H and O–H groups in total. The van der Waals surface area contributed by atoms with E-state index in [4.69, 9.17) is 9.47 Å². The molecule has 0 aliphatic carbocycles. The molecular formula is C27H22BrO3P. The van der Waals surface area contributed by atoms with Crippen LogP contribution in [0.25, 0.3) is 0 Å². The summed E-state index contributed by atoms with van der Waals surface area (Å²) < 4.78 is 11.6. The summed E-state index contributed by atoms with van der Waals surface area (Å²) in [6.07, 6.45) is 0. The van der Waals surface area contributed by atoms with Gasteiger partial charge in [-0.1, -0.05) is 54.6 Å². The summed E-state index contributed by atoms with van der Waals surface area (Å²) in [5, 5.41) is 3.52. The van der Waals surface area contributed by atoms with Crippen molar-refractivity contribution in [2.45, 2.75) is 5.85 Å². The third-order valence-electron chi connectivity index (χ3n) is 5.81. The van der Waals surface area contributed by atoms with Gasteiger partial charge >= 0.3 is 5.97 Å². The number of hydrogen-bond donors (Lipinski definition) is 0. The lowest BCUT2D eigenvalue weighted by atomic mass is 10.1. The number of halogens is 1. The Bertz CT molecular complexity index is 1120. The maximum atomic E-state index is 13.0. The topological polar surface area (TPSA) is 35.5 Å². The van der Waals surface area contributed by atoms with Crippen LogP contribution in [0.2, 0.25) is 0 Å². The number of esters is 1. The van der Waals surface area contributed by atoms with Crippen LogP contribution in [0.3, 0.4) is 0 Å². The summed E-state index contributed by atoms with van der Waals surface area (Å²) in [4.78, 5) is 13.0. The van der Waals surface area contributed by atoms with Crippen LogP contribution in [-0.2, 0) is 4.74 Å². The first-order valence-corrected chi connectivity index (χ1v) is 12.1. The molecule has 1 heterocycles. The molecule has 1 aliphatic rings. The first-order chi connectivity index (χ1) is 15.2. The normalized spacial score (nSPS) is 14.8. The van der Waals surface area contributed by atoms with Gasteiger partial charge in [0.05, 0.1) is 12.7 Å². The van der Waals surface area contributed by atoms with Crippen molar-refractivity contribution >= 4 is 29.1 Å². The minimum atomic E-state index is -2.38. The van der Waals surface area contributed by atoms with Gasteiger partial charge in [-0.05, 0) is 54.6 Å². The third-order valence-corrected chi connectivity index (χ3v) is 10.2. The fourth-order valence-electron chi connectivity index (χ4n) is 4.41. The molecule has 32 heavy (non-hydrogen) atoms. The van der Waals surface area contributed by atoms with Crippen LogP contribution in [0.1, 0.15) is 21.8 Å². The van der Waals surface area contributed by atoms with E-state index < -0.39 is 13.1 Å². The molecule has 0 saturated heterocycles. The number of hydrogen-bond acceptors (Lipinski definition) is 3. The second-order valence-electron chi connectivity index (χ2n) is 7.44. The molecule has 0 spiro atoms. The van der Waals surface area contributed by atoms with Crippen LogP contribution in [0.5, 0.6) is 5.75 Å². The Balaban J connectivity index is 0.00000245. The summed E-state index contributed by atoms with van der Waals surface area (Å²) in [6.45, 7) is 0. The predicted octanol–water partition coefficient (Wildman–Crippen LogP) is 1.86. The van der Waals surface area contributed by atoms with Crippen molar-refractivity contribution in [1.29, 1.82) is 0 Å². The van der Waals surface area contributed by atoms with Crippen LogP contribution in [0, 0.1) is 0 Å². The number of carbonyl (C=O) groups is 1. The van der Waals surface area contributed by atoms with E-state index >= 15 is 0 Å². The predicted molar refractivity (Wildman–Crippen MR) is 126 cm³/mol. The van der Waals surface area contributed by atoms with Gasteiger partial charge in [-0.3, -0.25) is 0 Å². The van der Waals surface area contributed by atoms with Crippen molar-refractivity contribution in [3.05, 3.63) is 120 Å². The number of rotatable bonds is 5. The first-order valence-electron chi connectivity index (χ1n) is 10.2. The Morgan fingerprint density at radius 1 is 0.719 bits per heavy atom. The molecule has 0 bridgehead atoms. The number of ether oxygens (including phenoxy) is 2. The summed E-state index contributed by atoms with van der Waals surface area (Å²) in [5.41, 5.74) is 1.49. The van der Waals surface area contributed by atoms with Gasteiger partial charge in [-0.25, -0.2) is 4.79 Å². The molecular weight excluding hydrogens is 483 g/mol. The zero-order valence-corrected chi connectivity index (χ0v) is 20.0. The Morgan fingerprint density at radius 2 is 1.19 bits per heavy atom. The molecule has 0 fully saturated rings. The van der Waals surface area contributed by atoms with Gasteiger partial charge in [0.2, 0.25) is 5.85 Å². The highest BCUT2D eigenvalue weighted by molar-refractivity contribution is 7.95. The average molecular weight is 505 g/mol. The molecule has 5 rings (SSSR count). The molecule has 0 aromatic heterocycles. The molecule has 1 unspecified atom stereocenters. The van der Waals surface area contributed by atoms with Gasteiger partial charge in [0.15, 0.2) is 7.26 Å². The molecule has 160 valence electrons. The van der Waals surface area contributed by atoms with Crippen LogP contribution < -0.4 is 37.6 Å². The molecule has 0 saturated carbocycles. The smallest absolute Gasteiger partial charge is 0.342 e. The number of benzene rings is 4.